The third-order valence-electron chi connectivity index (χ3n) is 2.78. The van der Waals surface area contributed by atoms with Crippen LogP contribution in [0.2, 0.25) is 5.15 Å². The Labute approximate surface area is 113 Å². The third-order valence-corrected chi connectivity index (χ3v) is 2.97. The van der Waals surface area contributed by atoms with Gasteiger partial charge in [0.1, 0.15) is 11.8 Å². The van der Waals surface area contributed by atoms with Gasteiger partial charge in [0.05, 0.1) is 0 Å². The molecule has 0 radical (unpaired) electrons. The Morgan fingerprint density at radius 2 is 1.95 bits per heavy atom. The van der Waals surface area contributed by atoms with E-state index in [9.17, 15) is 13.2 Å². The summed E-state index contributed by atoms with van der Waals surface area (Å²) >= 11 is 5.52. The molecule has 2 rings (SSSR count). The first-order chi connectivity index (χ1) is 8.95. The van der Waals surface area contributed by atoms with Gasteiger partial charge < -0.3 is 4.74 Å². The van der Waals surface area contributed by atoms with Crippen LogP contribution in [-0.2, 0) is 6.18 Å². The van der Waals surface area contributed by atoms with E-state index in [1.807, 2.05) is 0 Å². The highest BCUT2D eigenvalue weighted by molar-refractivity contribution is 6.29. The average molecular weight is 296 g/mol. The lowest BCUT2D eigenvalue weighted by molar-refractivity contribution is -0.145. The molecule has 2 heterocycles. The van der Waals surface area contributed by atoms with Gasteiger partial charge in [-0.2, -0.15) is 18.2 Å². The SMILES string of the molecule is FC(F)(F)c1nc(Cl)cc(OCCN2CCCC2)n1. The number of hydrogen-bond acceptors (Lipinski definition) is 4. The molecule has 19 heavy (non-hydrogen) atoms. The Morgan fingerprint density at radius 1 is 1.26 bits per heavy atom. The van der Waals surface area contributed by atoms with E-state index in [2.05, 4.69) is 14.9 Å². The Hall–Kier alpha value is -1.08. The lowest BCUT2D eigenvalue weighted by Crippen LogP contribution is -2.25. The predicted molar refractivity (Wildman–Crippen MR) is 63.2 cm³/mol. The maximum absolute atomic E-state index is 12.5. The van der Waals surface area contributed by atoms with E-state index in [4.69, 9.17) is 16.3 Å². The molecule has 1 saturated heterocycles. The highest BCUT2D eigenvalue weighted by Gasteiger charge is 2.35. The first kappa shape index (κ1) is 14.3. The zero-order valence-electron chi connectivity index (χ0n) is 10.1. The number of aromatic nitrogens is 2. The van der Waals surface area contributed by atoms with Crippen molar-refractivity contribution in [1.82, 2.24) is 14.9 Å². The van der Waals surface area contributed by atoms with E-state index >= 15 is 0 Å². The van der Waals surface area contributed by atoms with E-state index in [1.165, 1.54) is 6.07 Å². The van der Waals surface area contributed by atoms with Gasteiger partial charge in [-0.3, -0.25) is 4.90 Å². The standard InChI is InChI=1S/C11H13ClF3N3O/c12-8-7-9(17-10(16-8)11(13,14)15)19-6-5-18-3-1-2-4-18/h7H,1-6H2. The van der Waals surface area contributed by atoms with Gasteiger partial charge in [0, 0.05) is 12.6 Å². The van der Waals surface area contributed by atoms with Crippen molar-refractivity contribution in [1.29, 1.82) is 0 Å². The number of hydrogen-bond donors (Lipinski definition) is 0. The first-order valence-electron chi connectivity index (χ1n) is 5.92. The highest BCUT2D eigenvalue weighted by atomic mass is 35.5. The summed E-state index contributed by atoms with van der Waals surface area (Å²) in [5.41, 5.74) is 0. The molecule has 8 heteroatoms. The second-order valence-electron chi connectivity index (χ2n) is 4.25. The molecule has 0 aromatic carbocycles. The fourth-order valence-electron chi connectivity index (χ4n) is 1.88. The van der Waals surface area contributed by atoms with Crippen LogP contribution >= 0.6 is 11.6 Å². The van der Waals surface area contributed by atoms with Crippen LogP contribution in [0.1, 0.15) is 18.7 Å². The molecule has 0 unspecified atom stereocenters. The van der Waals surface area contributed by atoms with Crippen LogP contribution < -0.4 is 4.74 Å². The molecule has 1 aliphatic rings. The zero-order valence-corrected chi connectivity index (χ0v) is 10.8. The maximum Gasteiger partial charge on any atom is 0.451 e. The highest BCUT2D eigenvalue weighted by Crippen LogP contribution is 2.28. The van der Waals surface area contributed by atoms with Crippen molar-refractivity contribution in [3.8, 4) is 5.88 Å². The lowest BCUT2D eigenvalue weighted by atomic mass is 10.4. The molecule has 1 aliphatic heterocycles. The summed E-state index contributed by atoms with van der Waals surface area (Å²) in [6.07, 6.45) is -2.33. The van der Waals surface area contributed by atoms with Crippen LogP contribution in [0.15, 0.2) is 6.07 Å². The van der Waals surface area contributed by atoms with Gasteiger partial charge >= 0.3 is 6.18 Å². The van der Waals surface area contributed by atoms with Gasteiger partial charge in [0.25, 0.3) is 0 Å². The van der Waals surface area contributed by atoms with Gasteiger partial charge in [0.15, 0.2) is 0 Å². The lowest BCUT2D eigenvalue weighted by Gasteiger charge is -2.15. The summed E-state index contributed by atoms with van der Waals surface area (Å²) in [5, 5.41) is -0.279. The van der Waals surface area contributed by atoms with Crippen LogP contribution in [-0.4, -0.2) is 41.1 Å². The summed E-state index contributed by atoms with van der Waals surface area (Å²) in [5.74, 6) is -1.43. The van der Waals surface area contributed by atoms with Gasteiger partial charge in [-0.25, -0.2) is 4.98 Å². The van der Waals surface area contributed by atoms with Crippen molar-refractivity contribution >= 4 is 11.6 Å². The molecule has 0 atom stereocenters. The first-order valence-corrected chi connectivity index (χ1v) is 6.30. The molecule has 106 valence electrons. The topological polar surface area (TPSA) is 38.2 Å². The van der Waals surface area contributed by atoms with Crippen molar-refractivity contribution in [2.24, 2.45) is 0 Å². The largest absolute Gasteiger partial charge is 0.476 e. The fourth-order valence-corrected chi connectivity index (χ4v) is 2.06. The van der Waals surface area contributed by atoms with Crippen molar-refractivity contribution in [2.45, 2.75) is 19.0 Å². The smallest absolute Gasteiger partial charge is 0.451 e. The summed E-state index contributed by atoms with van der Waals surface area (Å²) in [4.78, 5) is 8.63. The molecular formula is C11H13ClF3N3O. The number of halogens is 4. The van der Waals surface area contributed by atoms with E-state index in [0.29, 0.717) is 6.54 Å². The zero-order chi connectivity index (χ0) is 13.9. The summed E-state index contributed by atoms with van der Waals surface area (Å²) in [6.45, 7) is 2.96. The van der Waals surface area contributed by atoms with Crippen LogP contribution in [0, 0.1) is 0 Å². The van der Waals surface area contributed by atoms with Gasteiger partial charge in [-0.1, -0.05) is 11.6 Å². The van der Waals surface area contributed by atoms with E-state index in [1.54, 1.807) is 0 Å². The van der Waals surface area contributed by atoms with Gasteiger partial charge in [-0.05, 0) is 25.9 Å². The maximum atomic E-state index is 12.5. The van der Waals surface area contributed by atoms with Crippen LogP contribution in [0.25, 0.3) is 0 Å². The van der Waals surface area contributed by atoms with Crippen LogP contribution in [0.4, 0.5) is 13.2 Å². The Morgan fingerprint density at radius 3 is 2.58 bits per heavy atom. The van der Waals surface area contributed by atoms with Crippen molar-refractivity contribution < 1.29 is 17.9 Å². The molecular weight excluding hydrogens is 283 g/mol. The third kappa shape index (κ3) is 4.21. The average Bonchev–Trinajstić information content (AvgIpc) is 2.80. The predicted octanol–water partition coefficient (Wildman–Crippen LogP) is 2.62. The number of alkyl halides is 3. The minimum atomic E-state index is -4.63. The van der Waals surface area contributed by atoms with Crippen LogP contribution in [0.5, 0.6) is 5.88 Å². The molecule has 0 N–H and O–H groups in total. The molecule has 0 bridgehead atoms. The second-order valence-corrected chi connectivity index (χ2v) is 4.63. The minimum Gasteiger partial charge on any atom is -0.476 e. The molecule has 0 saturated carbocycles. The van der Waals surface area contributed by atoms with Crippen LogP contribution in [0.3, 0.4) is 0 Å². The summed E-state index contributed by atoms with van der Waals surface area (Å²) in [7, 11) is 0. The Bertz CT molecular complexity index is 436. The quantitative estimate of drug-likeness (QED) is 0.801. The molecule has 0 aliphatic carbocycles. The van der Waals surface area contributed by atoms with Crippen molar-refractivity contribution in [3.05, 3.63) is 17.0 Å². The monoisotopic (exact) mass is 295 g/mol. The molecule has 1 fully saturated rings. The van der Waals surface area contributed by atoms with Crippen molar-refractivity contribution in [3.63, 3.8) is 0 Å². The van der Waals surface area contributed by atoms with E-state index < -0.39 is 12.0 Å². The van der Waals surface area contributed by atoms with Gasteiger partial charge in [0.2, 0.25) is 11.7 Å². The Kier molecular flexibility index (Phi) is 4.46. The number of rotatable bonds is 4. The second kappa shape index (κ2) is 5.92. The molecule has 0 amide bonds. The Balaban J connectivity index is 1.94. The number of ether oxygens (including phenoxy) is 1. The molecule has 4 nitrogen and oxygen atoms in total. The minimum absolute atomic E-state index is 0.147. The number of nitrogens with zero attached hydrogens (tertiary/aromatic N) is 3. The van der Waals surface area contributed by atoms with Gasteiger partial charge in [-0.15, -0.1) is 0 Å². The fraction of sp³-hybridized carbons (Fsp3) is 0.636. The molecule has 0 spiro atoms. The summed E-state index contributed by atoms with van der Waals surface area (Å²) < 4.78 is 42.6. The normalized spacial score (nSPS) is 16.8. The van der Waals surface area contributed by atoms with E-state index in [-0.39, 0.29) is 17.6 Å². The molecule has 1 aromatic heterocycles. The van der Waals surface area contributed by atoms with E-state index in [0.717, 1.165) is 25.9 Å². The summed E-state index contributed by atoms with van der Waals surface area (Å²) in [6, 6.07) is 1.18. The number of likely N-dealkylation sites (tertiary alicyclic amines) is 1. The molecule has 1 aromatic rings. The van der Waals surface area contributed by atoms with Crippen molar-refractivity contribution in [2.75, 3.05) is 26.2 Å².